The molecule has 0 unspecified atom stereocenters. The van der Waals surface area contributed by atoms with Gasteiger partial charge in [0.05, 0.1) is 5.75 Å². The summed E-state index contributed by atoms with van der Waals surface area (Å²) in [5.41, 5.74) is 1.05. The molecular weight excluding hydrogens is 272 g/mol. The van der Waals surface area contributed by atoms with Gasteiger partial charge in [0.2, 0.25) is 0 Å². The highest BCUT2D eigenvalue weighted by Gasteiger charge is 1.99. The van der Waals surface area contributed by atoms with E-state index in [0.29, 0.717) is 5.75 Å². The Balaban J connectivity index is 2.47. The zero-order valence-electron chi connectivity index (χ0n) is 8.79. The lowest BCUT2D eigenvalue weighted by molar-refractivity contribution is -0.112. The summed E-state index contributed by atoms with van der Waals surface area (Å²) in [5, 5.41) is 0. The van der Waals surface area contributed by atoms with Gasteiger partial charge in [-0.2, -0.15) is 0 Å². The average molecular weight is 285 g/mol. The Morgan fingerprint density at radius 3 is 2.47 bits per heavy atom. The van der Waals surface area contributed by atoms with Crippen LogP contribution in [0.4, 0.5) is 0 Å². The lowest BCUT2D eigenvalue weighted by Crippen LogP contribution is -1.96. The Labute approximate surface area is 103 Å². The zero-order valence-corrected chi connectivity index (χ0v) is 11.2. The van der Waals surface area contributed by atoms with Crippen LogP contribution in [0.3, 0.4) is 0 Å². The fourth-order valence-electron chi connectivity index (χ4n) is 1.05. The quantitative estimate of drug-likeness (QED) is 0.612. The van der Waals surface area contributed by atoms with Gasteiger partial charge in [0.1, 0.15) is 0 Å². The van der Waals surface area contributed by atoms with E-state index in [0.717, 1.165) is 14.9 Å². The molecule has 80 valence electrons. The van der Waals surface area contributed by atoms with Crippen LogP contribution in [0.2, 0.25) is 0 Å². The lowest BCUT2D eigenvalue weighted by Gasteiger charge is -1.99. The first-order chi connectivity index (χ1) is 7.08. The number of benzene rings is 1. The van der Waals surface area contributed by atoms with Crippen molar-refractivity contribution in [3.05, 3.63) is 40.4 Å². The van der Waals surface area contributed by atoms with Gasteiger partial charge in [-0.05, 0) is 44.2 Å². The van der Waals surface area contributed by atoms with Crippen molar-refractivity contribution in [2.75, 3.05) is 5.75 Å². The second-order valence-corrected chi connectivity index (χ2v) is 5.40. The third-order valence-corrected chi connectivity index (χ3v) is 3.21. The second kappa shape index (κ2) is 6.13. The normalized spacial score (nSPS) is 9.80. The van der Waals surface area contributed by atoms with Gasteiger partial charge < -0.3 is 0 Å². The molecule has 1 aromatic rings. The number of carbonyl (C=O) groups is 1. The highest BCUT2D eigenvalue weighted by molar-refractivity contribution is 9.10. The summed E-state index contributed by atoms with van der Waals surface area (Å²) in [6.45, 7) is 3.87. The van der Waals surface area contributed by atoms with Gasteiger partial charge in [0.25, 0.3) is 0 Å². The molecule has 1 rings (SSSR count). The molecule has 0 heterocycles. The lowest BCUT2D eigenvalue weighted by atomic mass is 10.3. The largest absolute Gasteiger partial charge is 0.294 e. The third-order valence-electron chi connectivity index (χ3n) is 1.64. The summed E-state index contributed by atoms with van der Waals surface area (Å²) >= 11 is 4.94. The van der Waals surface area contributed by atoms with Crippen molar-refractivity contribution in [1.82, 2.24) is 0 Å². The van der Waals surface area contributed by atoms with Gasteiger partial charge in [-0.3, -0.25) is 4.79 Å². The Morgan fingerprint density at radius 1 is 1.33 bits per heavy atom. The van der Waals surface area contributed by atoms with E-state index in [1.807, 2.05) is 38.1 Å². The smallest absolute Gasteiger partial charge is 0.165 e. The summed E-state index contributed by atoms with van der Waals surface area (Å²) in [7, 11) is 0. The van der Waals surface area contributed by atoms with Crippen LogP contribution in [0.15, 0.2) is 45.3 Å². The van der Waals surface area contributed by atoms with Gasteiger partial charge in [-0.25, -0.2) is 0 Å². The number of hydrogen-bond donors (Lipinski definition) is 0. The summed E-state index contributed by atoms with van der Waals surface area (Å²) in [5.74, 6) is 0.676. The van der Waals surface area contributed by atoms with E-state index in [9.17, 15) is 4.79 Å². The number of ketones is 1. The molecule has 0 atom stereocenters. The molecule has 0 saturated carbocycles. The number of allylic oxidation sites excluding steroid dienone is 2. The molecule has 15 heavy (non-hydrogen) atoms. The molecule has 0 aliphatic rings. The zero-order chi connectivity index (χ0) is 11.3. The molecule has 0 aromatic heterocycles. The van der Waals surface area contributed by atoms with Crippen LogP contribution < -0.4 is 0 Å². The van der Waals surface area contributed by atoms with Crippen LogP contribution in [0.1, 0.15) is 13.8 Å². The van der Waals surface area contributed by atoms with E-state index < -0.39 is 0 Å². The standard InChI is InChI=1S/C12H13BrOS/c1-9(2)7-11(14)8-15-12-5-3-10(13)4-6-12/h3-7H,8H2,1-2H3. The number of thioether (sulfide) groups is 1. The van der Waals surface area contributed by atoms with Crippen LogP contribution in [0.5, 0.6) is 0 Å². The van der Waals surface area contributed by atoms with Gasteiger partial charge in [-0.15, -0.1) is 11.8 Å². The first kappa shape index (κ1) is 12.5. The van der Waals surface area contributed by atoms with E-state index in [2.05, 4.69) is 15.9 Å². The topological polar surface area (TPSA) is 17.1 Å². The van der Waals surface area contributed by atoms with Gasteiger partial charge in [0.15, 0.2) is 5.78 Å². The van der Waals surface area contributed by atoms with Crippen molar-refractivity contribution < 1.29 is 4.79 Å². The monoisotopic (exact) mass is 284 g/mol. The van der Waals surface area contributed by atoms with Crippen LogP contribution >= 0.6 is 27.7 Å². The second-order valence-electron chi connectivity index (χ2n) is 3.43. The van der Waals surface area contributed by atoms with E-state index in [-0.39, 0.29) is 5.78 Å². The molecule has 0 saturated heterocycles. The molecule has 0 aliphatic carbocycles. The van der Waals surface area contributed by atoms with Gasteiger partial charge >= 0.3 is 0 Å². The number of halogens is 1. The first-order valence-electron chi connectivity index (χ1n) is 4.64. The molecule has 0 N–H and O–H groups in total. The van der Waals surface area contributed by atoms with E-state index >= 15 is 0 Å². The maximum absolute atomic E-state index is 11.4. The number of hydrogen-bond acceptors (Lipinski definition) is 2. The molecule has 1 nitrogen and oxygen atoms in total. The highest BCUT2D eigenvalue weighted by Crippen LogP contribution is 2.20. The van der Waals surface area contributed by atoms with Crippen molar-refractivity contribution in [2.45, 2.75) is 18.7 Å². The van der Waals surface area contributed by atoms with Crippen LogP contribution in [0.25, 0.3) is 0 Å². The molecule has 3 heteroatoms. The highest BCUT2D eigenvalue weighted by atomic mass is 79.9. The van der Waals surface area contributed by atoms with Gasteiger partial charge in [-0.1, -0.05) is 21.5 Å². The van der Waals surface area contributed by atoms with Crippen LogP contribution in [0, 0.1) is 0 Å². The Hall–Kier alpha value is -0.540. The van der Waals surface area contributed by atoms with Crippen molar-refractivity contribution in [3.63, 3.8) is 0 Å². The summed E-state index contributed by atoms with van der Waals surface area (Å²) in [6, 6.07) is 7.97. The molecule has 0 spiro atoms. The third kappa shape index (κ3) is 5.19. The molecule has 0 fully saturated rings. The predicted octanol–water partition coefficient (Wildman–Crippen LogP) is 4.08. The minimum Gasteiger partial charge on any atom is -0.294 e. The fraction of sp³-hybridized carbons (Fsp3) is 0.250. The van der Waals surface area contributed by atoms with E-state index in [1.54, 1.807) is 17.8 Å². The minimum absolute atomic E-state index is 0.169. The maximum atomic E-state index is 11.4. The fourth-order valence-corrected chi connectivity index (χ4v) is 2.03. The van der Waals surface area contributed by atoms with Crippen molar-refractivity contribution in [3.8, 4) is 0 Å². The maximum Gasteiger partial charge on any atom is 0.165 e. The number of carbonyl (C=O) groups excluding carboxylic acids is 1. The minimum atomic E-state index is 0.169. The SMILES string of the molecule is CC(C)=CC(=O)CSc1ccc(Br)cc1. The Kier molecular flexibility index (Phi) is 5.12. The predicted molar refractivity (Wildman–Crippen MR) is 69.3 cm³/mol. The molecule has 0 aliphatic heterocycles. The van der Waals surface area contributed by atoms with Crippen molar-refractivity contribution >= 4 is 33.5 Å². The summed E-state index contributed by atoms with van der Waals surface area (Å²) in [6.07, 6.45) is 1.69. The van der Waals surface area contributed by atoms with Crippen LogP contribution in [-0.4, -0.2) is 11.5 Å². The van der Waals surface area contributed by atoms with E-state index in [1.165, 1.54) is 0 Å². The van der Waals surface area contributed by atoms with Crippen molar-refractivity contribution in [1.29, 1.82) is 0 Å². The summed E-state index contributed by atoms with van der Waals surface area (Å²) < 4.78 is 1.06. The Bertz CT molecular complexity index is 364. The van der Waals surface area contributed by atoms with Gasteiger partial charge in [0, 0.05) is 9.37 Å². The van der Waals surface area contributed by atoms with E-state index in [4.69, 9.17) is 0 Å². The van der Waals surface area contributed by atoms with Crippen LogP contribution in [-0.2, 0) is 4.79 Å². The first-order valence-corrected chi connectivity index (χ1v) is 6.42. The average Bonchev–Trinajstić information content (AvgIpc) is 2.16. The summed E-state index contributed by atoms with van der Waals surface area (Å²) in [4.78, 5) is 12.5. The number of rotatable bonds is 4. The molecule has 0 radical (unpaired) electrons. The molecule has 0 bridgehead atoms. The Morgan fingerprint density at radius 2 is 1.93 bits per heavy atom. The molecule has 0 amide bonds. The van der Waals surface area contributed by atoms with Crippen molar-refractivity contribution in [2.24, 2.45) is 0 Å². The molecular formula is C12H13BrOS. The molecule has 1 aromatic carbocycles.